The summed E-state index contributed by atoms with van der Waals surface area (Å²) in [5.74, 6) is 5.91. The average molecular weight is 249 g/mol. The van der Waals surface area contributed by atoms with Gasteiger partial charge in [-0.25, -0.2) is 10.8 Å². The van der Waals surface area contributed by atoms with Crippen molar-refractivity contribution in [3.8, 4) is 0 Å². The molecule has 1 aliphatic rings. The van der Waals surface area contributed by atoms with E-state index in [1.807, 2.05) is 11.8 Å². The van der Waals surface area contributed by atoms with Crippen molar-refractivity contribution >= 4 is 11.7 Å². The average Bonchev–Trinajstić information content (AvgIpc) is 2.38. The highest BCUT2D eigenvalue weighted by Crippen LogP contribution is 2.13. The molecule has 0 bridgehead atoms. The van der Waals surface area contributed by atoms with E-state index >= 15 is 0 Å². The number of pyridine rings is 1. The van der Waals surface area contributed by atoms with Gasteiger partial charge in [-0.2, -0.15) is 0 Å². The third kappa shape index (κ3) is 2.77. The molecular weight excluding hydrogens is 230 g/mol. The SMILES string of the molecule is Cc1cc(C(=O)N2CCN(C)CC2)cc(NN)n1. The van der Waals surface area contributed by atoms with Crippen LogP contribution in [0.1, 0.15) is 16.1 Å². The normalized spacial score (nSPS) is 16.7. The number of hydrazine groups is 1. The van der Waals surface area contributed by atoms with Gasteiger partial charge >= 0.3 is 0 Å². The van der Waals surface area contributed by atoms with E-state index in [9.17, 15) is 4.79 Å². The second-order valence-electron chi connectivity index (χ2n) is 4.62. The number of nitrogen functional groups attached to an aromatic ring is 1. The number of hydrogen-bond acceptors (Lipinski definition) is 5. The molecule has 2 heterocycles. The number of carbonyl (C=O) groups excluding carboxylic acids is 1. The first-order valence-corrected chi connectivity index (χ1v) is 6.03. The number of amides is 1. The van der Waals surface area contributed by atoms with Crippen LogP contribution in [0.3, 0.4) is 0 Å². The zero-order valence-electron chi connectivity index (χ0n) is 10.8. The topological polar surface area (TPSA) is 74.5 Å². The molecule has 0 spiro atoms. The molecule has 1 amide bonds. The minimum atomic E-state index is 0.0464. The highest BCUT2D eigenvalue weighted by molar-refractivity contribution is 5.95. The van der Waals surface area contributed by atoms with Gasteiger partial charge in [0.25, 0.3) is 5.91 Å². The Bertz CT molecular complexity index is 440. The first kappa shape index (κ1) is 12.8. The van der Waals surface area contributed by atoms with Gasteiger partial charge in [-0.05, 0) is 26.1 Å². The second-order valence-corrected chi connectivity index (χ2v) is 4.62. The fourth-order valence-electron chi connectivity index (χ4n) is 2.06. The quantitative estimate of drug-likeness (QED) is 0.573. The summed E-state index contributed by atoms with van der Waals surface area (Å²) in [6, 6.07) is 3.48. The van der Waals surface area contributed by atoms with E-state index in [0.29, 0.717) is 11.4 Å². The number of piperazine rings is 1. The summed E-state index contributed by atoms with van der Waals surface area (Å²) < 4.78 is 0. The lowest BCUT2D eigenvalue weighted by molar-refractivity contribution is 0.0664. The van der Waals surface area contributed by atoms with Gasteiger partial charge in [-0.15, -0.1) is 0 Å². The smallest absolute Gasteiger partial charge is 0.254 e. The Kier molecular flexibility index (Phi) is 3.78. The van der Waals surface area contributed by atoms with Crippen LogP contribution in [0.4, 0.5) is 5.82 Å². The highest BCUT2D eigenvalue weighted by Gasteiger charge is 2.20. The summed E-state index contributed by atoms with van der Waals surface area (Å²) >= 11 is 0. The van der Waals surface area contributed by atoms with Gasteiger partial charge in [0.05, 0.1) is 0 Å². The van der Waals surface area contributed by atoms with Crippen molar-refractivity contribution in [1.82, 2.24) is 14.8 Å². The number of likely N-dealkylation sites (N-methyl/N-ethyl adjacent to an activating group) is 1. The molecule has 0 atom stereocenters. The van der Waals surface area contributed by atoms with Crippen LogP contribution in [0.5, 0.6) is 0 Å². The fraction of sp³-hybridized carbons (Fsp3) is 0.500. The number of nitrogens with two attached hydrogens (primary N) is 1. The van der Waals surface area contributed by atoms with Crippen LogP contribution in [-0.2, 0) is 0 Å². The minimum absolute atomic E-state index is 0.0464. The van der Waals surface area contributed by atoms with Crippen LogP contribution < -0.4 is 11.3 Å². The van der Waals surface area contributed by atoms with Crippen LogP contribution in [0.15, 0.2) is 12.1 Å². The second kappa shape index (κ2) is 5.32. The van der Waals surface area contributed by atoms with E-state index in [-0.39, 0.29) is 5.91 Å². The molecule has 18 heavy (non-hydrogen) atoms. The summed E-state index contributed by atoms with van der Waals surface area (Å²) in [4.78, 5) is 20.6. The molecule has 2 rings (SSSR count). The lowest BCUT2D eigenvalue weighted by Gasteiger charge is -2.32. The van der Waals surface area contributed by atoms with Crippen molar-refractivity contribution in [3.05, 3.63) is 23.4 Å². The lowest BCUT2D eigenvalue weighted by Crippen LogP contribution is -2.47. The summed E-state index contributed by atoms with van der Waals surface area (Å²) in [5, 5.41) is 0. The third-order valence-electron chi connectivity index (χ3n) is 3.14. The van der Waals surface area contributed by atoms with Crippen molar-refractivity contribution in [3.63, 3.8) is 0 Å². The lowest BCUT2D eigenvalue weighted by atomic mass is 10.2. The summed E-state index contributed by atoms with van der Waals surface area (Å²) in [6.45, 7) is 5.21. The van der Waals surface area contributed by atoms with E-state index in [1.165, 1.54) is 0 Å². The molecule has 1 aromatic heterocycles. The number of aryl methyl sites for hydroxylation is 1. The van der Waals surface area contributed by atoms with Crippen LogP contribution >= 0.6 is 0 Å². The molecule has 1 saturated heterocycles. The number of carbonyl (C=O) groups is 1. The number of hydrogen-bond donors (Lipinski definition) is 2. The van der Waals surface area contributed by atoms with Gasteiger partial charge in [0.2, 0.25) is 0 Å². The maximum atomic E-state index is 12.3. The summed E-state index contributed by atoms with van der Waals surface area (Å²) in [6.07, 6.45) is 0. The van der Waals surface area contributed by atoms with Crippen molar-refractivity contribution in [2.45, 2.75) is 6.92 Å². The molecule has 6 heteroatoms. The molecule has 1 aliphatic heterocycles. The predicted molar refractivity (Wildman–Crippen MR) is 70.2 cm³/mol. The molecule has 0 aliphatic carbocycles. The number of aromatic nitrogens is 1. The van der Waals surface area contributed by atoms with Crippen LogP contribution in [0.2, 0.25) is 0 Å². The standard InChI is InChI=1S/C12H19N5O/c1-9-7-10(8-11(14-9)15-13)12(18)17-5-3-16(2)4-6-17/h7-8H,3-6,13H2,1-2H3,(H,14,15). The third-order valence-corrected chi connectivity index (χ3v) is 3.14. The summed E-state index contributed by atoms with van der Waals surface area (Å²) in [7, 11) is 2.06. The van der Waals surface area contributed by atoms with Crippen molar-refractivity contribution in [2.24, 2.45) is 5.84 Å². The van der Waals surface area contributed by atoms with Crippen LogP contribution in [0.25, 0.3) is 0 Å². The van der Waals surface area contributed by atoms with Crippen molar-refractivity contribution < 1.29 is 4.79 Å². The number of anilines is 1. The van der Waals surface area contributed by atoms with Gasteiger partial charge in [0.1, 0.15) is 5.82 Å². The van der Waals surface area contributed by atoms with Gasteiger partial charge in [-0.3, -0.25) is 4.79 Å². The maximum Gasteiger partial charge on any atom is 0.254 e. The minimum Gasteiger partial charge on any atom is -0.336 e. The Morgan fingerprint density at radius 1 is 1.33 bits per heavy atom. The molecule has 0 aromatic carbocycles. The zero-order chi connectivity index (χ0) is 13.1. The van der Waals surface area contributed by atoms with E-state index < -0.39 is 0 Å². The van der Waals surface area contributed by atoms with Gasteiger partial charge < -0.3 is 15.2 Å². The molecule has 98 valence electrons. The number of rotatable bonds is 2. The van der Waals surface area contributed by atoms with E-state index in [4.69, 9.17) is 5.84 Å². The Morgan fingerprint density at radius 2 is 2.00 bits per heavy atom. The first-order valence-electron chi connectivity index (χ1n) is 6.03. The van der Waals surface area contributed by atoms with Crippen LogP contribution in [-0.4, -0.2) is 53.9 Å². The van der Waals surface area contributed by atoms with E-state index in [1.54, 1.807) is 12.1 Å². The Labute approximate surface area is 107 Å². The molecule has 1 aromatic rings. The maximum absolute atomic E-state index is 12.3. The Balaban J connectivity index is 2.15. The monoisotopic (exact) mass is 249 g/mol. The van der Waals surface area contributed by atoms with E-state index in [2.05, 4.69) is 22.4 Å². The van der Waals surface area contributed by atoms with Crippen molar-refractivity contribution in [1.29, 1.82) is 0 Å². The molecule has 1 fully saturated rings. The first-order chi connectivity index (χ1) is 8.60. The van der Waals surface area contributed by atoms with Gasteiger partial charge in [0, 0.05) is 37.4 Å². The van der Waals surface area contributed by atoms with Crippen molar-refractivity contribution in [2.75, 3.05) is 38.7 Å². The molecule has 3 N–H and O–H groups in total. The van der Waals surface area contributed by atoms with Gasteiger partial charge in [-0.1, -0.05) is 0 Å². The predicted octanol–water partition coefficient (Wildman–Crippen LogP) is 0.0632. The molecule has 6 nitrogen and oxygen atoms in total. The van der Waals surface area contributed by atoms with Crippen LogP contribution in [0, 0.1) is 6.92 Å². The number of nitrogens with zero attached hydrogens (tertiary/aromatic N) is 3. The van der Waals surface area contributed by atoms with E-state index in [0.717, 1.165) is 31.9 Å². The molecule has 0 unspecified atom stereocenters. The largest absolute Gasteiger partial charge is 0.336 e. The van der Waals surface area contributed by atoms with Gasteiger partial charge in [0.15, 0.2) is 0 Å². The molecule has 0 saturated carbocycles. The fourth-order valence-corrected chi connectivity index (χ4v) is 2.06. The Hall–Kier alpha value is -1.66. The number of nitrogens with one attached hydrogen (secondary N) is 1. The highest BCUT2D eigenvalue weighted by atomic mass is 16.2. The molecule has 0 radical (unpaired) electrons. The Morgan fingerprint density at radius 3 is 2.61 bits per heavy atom. The molecular formula is C12H19N5O. The summed E-state index contributed by atoms with van der Waals surface area (Å²) in [5.41, 5.74) is 3.90. The zero-order valence-corrected chi connectivity index (χ0v) is 10.8.